The Bertz CT molecular complexity index is 129. The minimum absolute atomic E-state index is 0. The van der Waals surface area contributed by atoms with Gasteiger partial charge in [0, 0.05) is 0 Å². The van der Waals surface area contributed by atoms with E-state index in [4.69, 9.17) is 15.2 Å². The van der Waals surface area contributed by atoms with E-state index in [1.165, 1.54) is 0 Å². The number of hydrogen-bond donors (Lipinski definition) is 1. The molecule has 2 aliphatic heterocycles. The van der Waals surface area contributed by atoms with Gasteiger partial charge in [-0.2, -0.15) is 0 Å². The highest BCUT2D eigenvalue weighted by molar-refractivity contribution is 5.85. The third-order valence-corrected chi connectivity index (χ3v) is 1.93. The second-order valence-corrected chi connectivity index (χ2v) is 3.01. The Balaban J connectivity index is 0.000000500. The maximum atomic E-state index is 5.85. The fourth-order valence-corrected chi connectivity index (χ4v) is 1.46. The maximum Gasteiger partial charge on any atom is 0.0828 e. The zero-order chi connectivity index (χ0) is 6.32. The van der Waals surface area contributed by atoms with Gasteiger partial charge in [0.15, 0.2) is 0 Å². The zero-order valence-electron chi connectivity index (χ0n) is 5.71. The lowest BCUT2D eigenvalue weighted by molar-refractivity contribution is 0.0158. The molecule has 0 aromatic heterocycles. The molecule has 2 bridgehead atoms. The molecule has 2 atom stereocenters. The van der Waals surface area contributed by atoms with Crippen molar-refractivity contribution in [3.05, 3.63) is 0 Å². The number of ether oxygens (including phenoxy) is 2. The van der Waals surface area contributed by atoms with Crippen LogP contribution in [0.15, 0.2) is 0 Å². The molecule has 0 radical (unpaired) electrons. The lowest BCUT2D eigenvalue weighted by Gasteiger charge is -2.25. The minimum atomic E-state index is -0.150. The molecular formula is C6H12ClNO2. The molecule has 2 N–H and O–H groups in total. The van der Waals surface area contributed by atoms with Crippen molar-refractivity contribution < 1.29 is 9.47 Å². The summed E-state index contributed by atoms with van der Waals surface area (Å²) in [4.78, 5) is 0. The van der Waals surface area contributed by atoms with Crippen molar-refractivity contribution >= 4 is 12.4 Å². The van der Waals surface area contributed by atoms with E-state index in [1.807, 2.05) is 0 Å². The Hall–Kier alpha value is 0.170. The van der Waals surface area contributed by atoms with Crippen LogP contribution >= 0.6 is 12.4 Å². The average molecular weight is 166 g/mol. The smallest absolute Gasteiger partial charge is 0.0828 e. The molecule has 10 heavy (non-hydrogen) atoms. The third kappa shape index (κ3) is 1.27. The van der Waals surface area contributed by atoms with E-state index < -0.39 is 0 Å². The fraction of sp³-hybridized carbons (Fsp3) is 1.00. The van der Waals surface area contributed by atoms with Crippen molar-refractivity contribution in [1.29, 1.82) is 0 Å². The summed E-state index contributed by atoms with van der Waals surface area (Å²) in [7, 11) is 0. The summed E-state index contributed by atoms with van der Waals surface area (Å²) in [5, 5.41) is 0. The predicted molar refractivity (Wildman–Crippen MR) is 39.3 cm³/mol. The van der Waals surface area contributed by atoms with Crippen molar-refractivity contribution in [3.8, 4) is 0 Å². The van der Waals surface area contributed by atoms with E-state index >= 15 is 0 Å². The van der Waals surface area contributed by atoms with Crippen LogP contribution in [0.3, 0.4) is 0 Å². The van der Waals surface area contributed by atoms with Crippen molar-refractivity contribution in [2.45, 2.75) is 18.1 Å². The number of halogens is 1. The van der Waals surface area contributed by atoms with Crippen LogP contribution in [0.1, 0.15) is 6.42 Å². The normalized spacial score (nSPS) is 44.7. The summed E-state index contributed by atoms with van der Waals surface area (Å²) in [5.74, 6) is 0. The quantitative estimate of drug-likeness (QED) is 0.547. The molecule has 0 aliphatic carbocycles. The molecule has 4 heteroatoms. The van der Waals surface area contributed by atoms with Crippen LogP contribution in [0.2, 0.25) is 0 Å². The number of hydrogen-bond acceptors (Lipinski definition) is 3. The van der Waals surface area contributed by atoms with Crippen LogP contribution in [-0.4, -0.2) is 31.5 Å². The van der Waals surface area contributed by atoms with Gasteiger partial charge >= 0.3 is 0 Å². The standard InChI is InChI=1S/C6H11NO2.ClH/c7-6-1-5(9-4-6)2-8-3-6;/h5H,1-4,7H2;1H. The summed E-state index contributed by atoms with van der Waals surface area (Å²) in [6.07, 6.45) is 1.26. The van der Waals surface area contributed by atoms with Crippen molar-refractivity contribution in [2.24, 2.45) is 5.73 Å². The zero-order valence-corrected chi connectivity index (χ0v) is 6.52. The van der Waals surface area contributed by atoms with Gasteiger partial charge in [0.05, 0.1) is 31.5 Å². The minimum Gasteiger partial charge on any atom is -0.377 e. The highest BCUT2D eigenvalue weighted by Crippen LogP contribution is 2.26. The molecule has 0 aromatic rings. The molecule has 2 unspecified atom stereocenters. The lowest BCUT2D eigenvalue weighted by atomic mass is 9.97. The van der Waals surface area contributed by atoms with Crippen LogP contribution < -0.4 is 5.73 Å². The van der Waals surface area contributed by atoms with E-state index in [9.17, 15) is 0 Å². The highest BCUT2D eigenvalue weighted by atomic mass is 35.5. The monoisotopic (exact) mass is 165 g/mol. The first-order valence-corrected chi connectivity index (χ1v) is 3.27. The van der Waals surface area contributed by atoms with E-state index in [1.54, 1.807) is 0 Å². The van der Waals surface area contributed by atoms with Crippen LogP contribution in [-0.2, 0) is 9.47 Å². The molecule has 2 fully saturated rings. The van der Waals surface area contributed by atoms with Gasteiger partial charge in [0.1, 0.15) is 0 Å². The summed E-state index contributed by atoms with van der Waals surface area (Å²) >= 11 is 0. The van der Waals surface area contributed by atoms with Crippen molar-refractivity contribution in [2.75, 3.05) is 19.8 Å². The number of fused-ring (bicyclic) bond motifs is 2. The van der Waals surface area contributed by atoms with Crippen molar-refractivity contribution in [3.63, 3.8) is 0 Å². The molecule has 0 spiro atoms. The Labute approximate surface area is 66.3 Å². The van der Waals surface area contributed by atoms with Gasteiger partial charge in [0.25, 0.3) is 0 Å². The van der Waals surface area contributed by atoms with Gasteiger partial charge in [0.2, 0.25) is 0 Å². The largest absolute Gasteiger partial charge is 0.377 e. The van der Waals surface area contributed by atoms with Gasteiger partial charge in [-0.1, -0.05) is 0 Å². The summed E-state index contributed by atoms with van der Waals surface area (Å²) < 4.78 is 10.5. The second kappa shape index (κ2) is 2.66. The molecular weight excluding hydrogens is 154 g/mol. The molecule has 2 aliphatic rings. The third-order valence-electron chi connectivity index (χ3n) is 1.93. The van der Waals surface area contributed by atoms with E-state index in [2.05, 4.69) is 0 Å². The van der Waals surface area contributed by atoms with Gasteiger partial charge in [-0.25, -0.2) is 0 Å². The van der Waals surface area contributed by atoms with Crippen LogP contribution in [0.25, 0.3) is 0 Å². The Morgan fingerprint density at radius 1 is 1.40 bits per heavy atom. The predicted octanol–water partition coefficient (Wildman–Crippen LogP) is -0.0752. The second-order valence-electron chi connectivity index (χ2n) is 3.01. The SMILES string of the molecule is Cl.NC12COCC(C1)OC2. The lowest BCUT2D eigenvalue weighted by Crippen LogP contribution is -2.48. The first-order chi connectivity index (χ1) is 4.29. The van der Waals surface area contributed by atoms with Gasteiger partial charge in [-0.3, -0.25) is 0 Å². The molecule has 0 aromatic carbocycles. The molecule has 60 valence electrons. The first kappa shape index (κ1) is 8.27. The number of rotatable bonds is 0. The van der Waals surface area contributed by atoms with Crippen LogP contribution in [0.5, 0.6) is 0 Å². The number of nitrogens with two attached hydrogens (primary N) is 1. The maximum absolute atomic E-state index is 5.85. The first-order valence-electron chi connectivity index (χ1n) is 3.27. The average Bonchev–Trinajstić information content (AvgIpc) is 2.07. The molecule has 2 saturated heterocycles. The Morgan fingerprint density at radius 2 is 2.20 bits per heavy atom. The molecule has 2 heterocycles. The molecule has 3 nitrogen and oxygen atoms in total. The van der Waals surface area contributed by atoms with Gasteiger partial charge in [-0.15, -0.1) is 12.4 Å². The topological polar surface area (TPSA) is 44.5 Å². The van der Waals surface area contributed by atoms with Crippen LogP contribution in [0.4, 0.5) is 0 Å². The molecule has 0 amide bonds. The van der Waals surface area contributed by atoms with Crippen LogP contribution in [0, 0.1) is 0 Å². The van der Waals surface area contributed by atoms with Crippen molar-refractivity contribution in [1.82, 2.24) is 0 Å². The summed E-state index contributed by atoms with van der Waals surface area (Å²) in [5.41, 5.74) is 5.70. The van der Waals surface area contributed by atoms with E-state index in [0.717, 1.165) is 13.0 Å². The molecule has 0 saturated carbocycles. The highest BCUT2D eigenvalue weighted by Gasteiger charge is 2.40. The summed E-state index contributed by atoms with van der Waals surface area (Å²) in [6, 6.07) is 0. The fourth-order valence-electron chi connectivity index (χ4n) is 1.46. The Morgan fingerprint density at radius 3 is 2.80 bits per heavy atom. The van der Waals surface area contributed by atoms with Gasteiger partial charge in [-0.05, 0) is 6.42 Å². The van der Waals surface area contributed by atoms with E-state index in [-0.39, 0.29) is 24.0 Å². The Kier molecular flexibility index (Phi) is 2.20. The summed E-state index contributed by atoms with van der Waals surface area (Å²) in [6.45, 7) is 2.08. The molecule has 2 rings (SSSR count). The van der Waals surface area contributed by atoms with Gasteiger partial charge < -0.3 is 15.2 Å². The van der Waals surface area contributed by atoms with E-state index in [0.29, 0.717) is 13.2 Å².